The van der Waals surface area contributed by atoms with Crippen molar-refractivity contribution in [3.05, 3.63) is 24.8 Å². The molecule has 7 nitrogen and oxygen atoms in total. The summed E-state index contributed by atoms with van der Waals surface area (Å²) in [5.41, 5.74) is 5.38. The van der Waals surface area contributed by atoms with Crippen LogP contribution in [-0.2, 0) is 14.3 Å². The molecule has 5 N–H and O–H groups in total. The van der Waals surface area contributed by atoms with Crippen molar-refractivity contribution in [3.8, 4) is 0 Å². The van der Waals surface area contributed by atoms with E-state index in [1.54, 1.807) is 0 Å². The Morgan fingerprint density at radius 2 is 2.30 bits per heavy atom. The number of rotatable bonds is 6. The van der Waals surface area contributed by atoms with Gasteiger partial charge in [-0.25, -0.2) is 4.79 Å². The van der Waals surface area contributed by atoms with Gasteiger partial charge in [-0.3, -0.25) is 4.79 Å². The summed E-state index contributed by atoms with van der Waals surface area (Å²) in [7, 11) is 0. The normalized spacial score (nSPS) is 30.6. The van der Waals surface area contributed by atoms with E-state index in [4.69, 9.17) is 15.6 Å². The van der Waals surface area contributed by atoms with Gasteiger partial charge in [-0.2, -0.15) is 0 Å². The smallest absolute Gasteiger partial charge is 0.332 e. The van der Waals surface area contributed by atoms with E-state index in [1.165, 1.54) is 12.2 Å². The van der Waals surface area contributed by atoms with E-state index in [0.29, 0.717) is 0 Å². The second-order valence-corrected chi connectivity index (χ2v) is 5.54. The summed E-state index contributed by atoms with van der Waals surface area (Å²) < 4.78 is 4.87. The molecule has 1 rings (SSSR count). The van der Waals surface area contributed by atoms with Crippen molar-refractivity contribution in [2.75, 3.05) is 5.75 Å². The minimum absolute atomic E-state index is 0.00844. The summed E-state index contributed by atoms with van der Waals surface area (Å²) in [5.74, 6) is -3.90. The lowest BCUT2D eigenvalue weighted by Crippen LogP contribution is -2.47. The van der Waals surface area contributed by atoms with E-state index in [-0.39, 0.29) is 12.2 Å². The van der Waals surface area contributed by atoms with E-state index >= 15 is 0 Å². The van der Waals surface area contributed by atoms with Gasteiger partial charge in [0.2, 0.25) is 5.79 Å². The fourth-order valence-corrected chi connectivity index (χ4v) is 2.89. The first kappa shape index (κ1) is 16.7. The molecule has 3 unspecified atom stereocenters. The monoisotopic (exact) mass is 303 g/mol. The Balaban J connectivity index is 2.78. The highest BCUT2D eigenvalue weighted by Gasteiger charge is 2.42. The number of esters is 1. The highest BCUT2D eigenvalue weighted by molar-refractivity contribution is 8.00. The Morgan fingerprint density at radius 1 is 1.65 bits per heavy atom. The van der Waals surface area contributed by atoms with Crippen LogP contribution in [0.2, 0.25) is 0 Å². The Labute approximate surface area is 120 Å². The van der Waals surface area contributed by atoms with Crippen LogP contribution in [0.15, 0.2) is 24.8 Å². The summed E-state index contributed by atoms with van der Waals surface area (Å²) in [4.78, 5) is 21.9. The molecule has 4 atom stereocenters. The van der Waals surface area contributed by atoms with Crippen LogP contribution in [0.4, 0.5) is 0 Å². The highest BCUT2D eigenvalue weighted by atomic mass is 32.2. The number of aliphatic hydroxyl groups is 2. The van der Waals surface area contributed by atoms with Crippen LogP contribution in [0.1, 0.15) is 6.42 Å². The number of hydrogen-bond donors (Lipinski definition) is 4. The summed E-state index contributed by atoms with van der Waals surface area (Å²) in [6, 6.07) is -1.11. The van der Waals surface area contributed by atoms with Gasteiger partial charge in [-0.15, -0.1) is 11.8 Å². The topological polar surface area (TPSA) is 130 Å². The van der Waals surface area contributed by atoms with E-state index in [0.717, 1.165) is 17.8 Å². The molecule has 0 radical (unpaired) electrons. The summed E-state index contributed by atoms with van der Waals surface area (Å²) in [5, 5.41) is 27.9. The van der Waals surface area contributed by atoms with Crippen LogP contribution in [0.25, 0.3) is 0 Å². The second kappa shape index (κ2) is 6.89. The molecular weight excluding hydrogens is 286 g/mol. The molecule has 0 heterocycles. The Bertz CT molecular complexity index is 426. The Kier molecular flexibility index (Phi) is 5.75. The number of aliphatic carboxylic acids is 1. The van der Waals surface area contributed by atoms with Crippen LogP contribution < -0.4 is 5.73 Å². The van der Waals surface area contributed by atoms with E-state index < -0.39 is 35.1 Å². The van der Waals surface area contributed by atoms with E-state index in [9.17, 15) is 19.8 Å². The number of carboxylic acids is 1. The maximum absolute atomic E-state index is 11.2. The van der Waals surface area contributed by atoms with Crippen molar-refractivity contribution in [3.63, 3.8) is 0 Å². The maximum atomic E-state index is 11.2. The first-order valence-electron chi connectivity index (χ1n) is 5.83. The zero-order chi connectivity index (χ0) is 15.3. The molecule has 0 amide bonds. The molecule has 1 aliphatic carbocycles. The van der Waals surface area contributed by atoms with Crippen LogP contribution in [0, 0.1) is 0 Å². The van der Waals surface area contributed by atoms with Crippen LogP contribution in [0.3, 0.4) is 0 Å². The standard InChI is InChI=1S/C12H17NO6S/c1-2-10(15)19-12(18)4-3-7(14)5-9(12)20-6-8(13)11(16)17/h2-4,7-9,14,18H,1,5-6,13H2,(H,16,17)/t7?,8-,9?,12?/m0/s1. The van der Waals surface area contributed by atoms with Crippen molar-refractivity contribution >= 4 is 23.7 Å². The van der Waals surface area contributed by atoms with Crippen molar-refractivity contribution in [1.29, 1.82) is 0 Å². The van der Waals surface area contributed by atoms with Gasteiger partial charge in [0.05, 0.1) is 11.4 Å². The summed E-state index contributed by atoms with van der Waals surface area (Å²) >= 11 is 1.02. The largest absolute Gasteiger partial charge is 0.480 e. The number of carbonyl (C=O) groups is 2. The van der Waals surface area contributed by atoms with Gasteiger partial charge >= 0.3 is 11.9 Å². The van der Waals surface area contributed by atoms with E-state index in [1.807, 2.05) is 0 Å². The first-order valence-corrected chi connectivity index (χ1v) is 6.88. The van der Waals surface area contributed by atoms with Crippen molar-refractivity contribution in [2.45, 2.75) is 29.6 Å². The molecule has 0 fully saturated rings. The molecule has 0 aromatic carbocycles. The van der Waals surface area contributed by atoms with Gasteiger partial charge in [0, 0.05) is 11.8 Å². The molecule has 0 spiro atoms. The molecule has 0 aliphatic heterocycles. The predicted octanol–water partition coefficient (Wildman–Crippen LogP) is -0.761. The third kappa shape index (κ3) is 4.34. The zero-order valence-corrected chi connectivity index (χ0v) is 11.5. The zero-order valence-electron chi connectivity index (χ0n) is 10.6. The molecule has 0 saturated heterocycles. The third-order valence-electron chi connectivity index (χ3n) is 2.70. The molecule has 0 bridgehead atoms. The number of thioether (sulfide) groups is 1. The lowest BCUT2D eigenvalue weighted by Gasteiger charge is -2.36. The van der Waals surface area contributed by atoms with Crippen LogP contribution in [0.5, 0.6) is 0 Å². The number of carbonyl (C=O) groups excluding carboxylic acids is 1. The second-order valence-electron chi connectivity index (χ2n) is 4.31. The number of carboxylic acid groups (broad SMARTS) is 1. The minimum atomic E-state index is -1.92. The van der Waals surface area contributed by atoms with Crippen LogP contribution >= 0.6 is 11.8 Å². The lowest BCUT2D eigenvalue weighted by atomic mass is 9.99. The van der Waals surface area contributed by atoms with Gasteiger partial charge in [0.1, 0.15) is 6.04 Å². The molecule has 112 valence electrons. The van der Waals surface area contributed by atoms with Crippen molar-refractivity contribution in [1.82, 2.24) is 0 Å². The quantitative estimate of drug-likeness (QED) is 0.218. The predicted molar refractivity (Wildman–Crippen MR) is 72.9 cm³/mol. The fourth-order valence-electron chi connectivity index (χ4n) is 1.60. The first-order chi connectivity index (χ1) is 9.28. The van der Waals surface area contributed by atoms with Crippen molar-refractivity contribution < 1.29 is 29.6 Å². The third-order valence-corrected chi connectivity index (χ3v) is 4.18. The van der Waals surface area contributed by atoms with Gasteiger partial charge < -0.3 is 25.8 Å². The lowest BCUT2D eigenvalue weighted by molar-refractivity contribution is -0.187. The molecule has 0 aromatic heterocycles. The number of nitrogens with two attached hydrogens (primary N) is 1. The molecule has 0 aromatic rings. The van der Waals surface area contributed by atoms with Gasteiger partial charge in [-0.1, -0.05) is 12.7 Å². The maximum Gasteiger partial charge on any atom is 0.332 e. The van der Waals surface area contributed by atoms with Gasteiger partial charge in [0.25, 0.3) is 0 Å². The minimum Gasteiger partial charge on any atom is -0.480 e. The van der Waals surface area contributed by atoms with E-state index in [2.05, 4.69) is 6.58 Å². The Morgan fingerprint density at radius 3 is 2.85 bits per heavy atom. The summed E-state index contributed by atoms with van der Waals surface area (Å²) in [6.45, 7) is 3.23. The molecule has 8 heteroatoms. The molecule has 20 heavy (non-hydrogen) atoms. The summed E-state index contributed by atoms with van der Waals surface area (Å²) in [6.07, 6.45) is 2.68. The molecule has 1 aliphatic rings. The van der Waals surface area contributed by atoms with Crippen molar-refractivity contribution in [2.24, 2.45) is 5.73 Å². The highest BCUT2D eigenvalue weighted by Crippen LogP contribution is 2.34. The molecular formula is C12H17NO6S. The van der Waals surface area contributed by atoms with Gasteiger partial charge in [-0.05, 0) is 12.5 Å². The SMILES string of the molecule is C=CC(=O)OC1(O)C=CC(O)CC1SC[C@H](N)C(=O)O. The average Bonchev–Trinajstić information content (AvgIpc) is 2.39. The van der Waals surface area contributed by atoms with Gasteiger partial charge in [0.15, 0.2) is 0 Å². The van der Waals surface area contributed by atoms with Crippen LogP contribution in [-0.4, -0.2) is 56.2 Å². The number of aliphatic hydroxyl groups excluding tert-OH is 1. The number of ether oxygens (including phenoxy) is 1. The Hall–Kier alpha value is -1.35. The average molecular weight is 303 g/mol. The number of hydrogen-bond acceptors (Lipinski definition) is 7. The fraction of sp³-hybridized carbons (Fsp3) is 0.500. The molecule has 0 saturated carbocycles.